The molecule has 0 spiro atoms. The van der Waals surface area contributed by atoms with Crippen LogP contribution in [0.4, 0.5) is 0 Å². The zero-order valence-corrected chi connectivity index (χ0v) is 19.4. The number of rotatable bonds is 13. The van der Waals surface area contributed by atoms with E-state index in [1.165, 1.54) is 25.8 Å². The molecule has 0 aromatic carbocycles. The van der Waals surface area contributed by atoms with E-state index in [0.29, 0.717) is 11.4 Å². The van der Waals surface area contributed by atoms with Crippen molar-refractivity contribution < 1.29 is 24.3 Å². The molecule has 2 rings (SSSR count). The van der Waals surface area contributed by atoms with Crippen molar-refractivity contribution in [3.8, 4) is 0 Å². The van der Waals surface area contributed by atoms with E-state index in [9.17, 15) is 24.3 Å². The Labute approximate surface area is 196 Å². The molecule has 4 unspecified atom stereocenters. The molecule has 2 aromatic heterocycles. The van der Waals surface area contributed by atoms with Gasteiger partial charge in [0.25, 0.3) is 0 Å². The molecule has 34 heavy (non-hydrogen) atoms. The molecular formula is C21H32N8O5. The lowest BCUT2D eigenvalue weighted by atomic mass is 10.0. The third kappa shape index (κ3) is 8.31. The second kappa shape index (κ2) is 12.5. The molecular weight excluding hydrogens is 444 g/mol. The summed E-state index contributed by atoms with van der Waals surface area (Å²) in [6.45, 7) is 5.20. The van der Waals surface area contributed by atoms with Crippen LogP contribution in [0.25, 0.3) is 0 Å². The van der Waals surface area contributed by atoms with Crippen molar-refractivity contribution in [2.24, 2.45) is 11.7 Å². The fraction of sp³-hybridized carbons (Fsp3) is 0.524. The van der Waals surface area contributed by atoms with Crippen molar-refractivity contribution >= 4 is 23.7 Å². The van der Waals surface area contributed by atoms with Gasteiger partial charge in [-0.3, -0.25) is 14.4 Å². The van der Waals surface area contributed by atoms with E-state index in [-0.39, 0.29) is 25.2 Å². The molecule has 0 saturated carbocycles. The van der Waals surface area contributed by atoms with Crippen LogP contribution in [0.2, 0.25) is 0 Å². The first-order valence-corrected chi connectivity index (χ1v) is 10.9. The molecule has 186 valence electrons. The van der Waals surface area contributed by atoms with Crippen LogP contribution in [0.3, 0.4) is 0 Å². The molecule has 4 atom stereocenters. The minimum atomic E-state index is -1.22. The molecule has 3 amide bonds. The van der Waals surface area contributed by atoms with Gasteiger partial charge in [0, 0.05) is 36.6 Å². The van der Waals surface area contributed by atoms with Crippen LogP contribution in [0.1, 0.15) is 38.6 Å². The predicted octanol–water partition coefficient (Wildman–Crippen LogP) is -1.15. The smallest absolute Gasteiger partial charge is 0.326 e. The van der Waals surface area contributed by atoms with Crippen LogP contribution in [-0.2, 0) is 32.0 Å². The first kappa shape index (κ1) is 26.5. The van der Waals surface area contributed by atoms with E-state index in [1.807, 2.05) is 13.8 Å². The van der Waals surface area contributed by atoms with Crippen molar-refractivity contribution in [1.82, 2.24) is 35.9 Å². The Kier molecular flexibility index (Phi) is 9.74. The number of nitrogens with one attached hydrogen (secondary N) is 5. The quantitative estimate of drug-likeness (QED) is 0.187. The summed E-state index contributed by atoms with van der Waals surface area (Å²) in [6.07, 6.45) is 6.39. The Morgan fingerprint density at radius 2 is 1.44 bits per heavy atom. The molecule has 0 aliphatic rings. The normalized spacial score (nSPS) is 14.6. The average Bonchev–Trinajstić information content (AvgIpc) is 3.46. The Morgan fingerprint density at radius 3 is 1.94 bits per heavy atom. The van der Waals surface area contributed by atoms with Crippen molar-refractivity contribution in [1.29, 1.82) is 0 Å². The zero-order chi connectivity index (χ0) is 25.3. The molecule has 0 radical (unpaired) electrons. The Balaban J connectivity index is 1.97. The number of hydrogen-bond acceptors (Lipinski definition) is 7. The van der Waals surface area contributed by atoms with Crippen molar-refractivity contribution in [2.75, 3.05) is 0 Å². The fourth-order valence-corrected chi connectivity index (χ4v) is 3.20. The summed E-state index contributed by atoms with van der Waals surface area (Å²) >= 11 is 0. The van der Waals surface area contributed by atoms with E-state index in [0.717, 1.165) is 0 Å². The van der Waals surface area contributed by atoms with Gasteiger partial charge in [-0.15, -0.1) is 0 Å². The molecule has 0 aliphatic heterocycles. The third-order valence-corrected chi connectivity index (χ3v) is 5.02. The average molecular weight is 477 g/mol. The number of imidazole rings is 2. The summed E-state index contributed by atoms with van der Waals surface area (Å²) in [6, 6.07) is -4.07. The number of carboxylic acids is 1. The van der Waals surface area contributed by atoms with Crippen LogP contribution >= 0.6 is 0 Å². The molecule has 2 aromatic rings. The number of aromatic nitrogens is 4. The van der Waals surface area contributed by atoms with Crippen molar-refractivity contribution in [2.45, 2.75) is 64.2 Å². The number of carbonyl (C=O) groups excluding carboxylic acids is 3. The number of hydrogen-bond donors (Lipinski definition) is 7. The van der Waals surface area contributed by atoms with Gasteiger partial charge in [0.05, 0.1) is 18.7 Å². The zero-order valence-electron chi connectivity index (χ0n) is 19.4. The van der Waals surface area contributed by atoms with Crippen molar-refractivity contribution in [3.63, 3.8) is 0 Å². The van der Waals surface area contributed by atoms with Gasteiger partial charge in [0.2, 0.25) is 17.7 Å². The molecule has 0 fully saturated rings. The van der Waals surface area contributed by atoms with Gasteiger partial charge in [0.1, 0.15) is 18.1 Å². The lowest BCUT2D eigenvalue weighted by Gasteiger charge is -2.24. The monoisotopic (exact) mass is 476 g/mol. The van der Waals surface area contributed by atoms with Gasteiger partial charge < -0.3 is 36.8 Å². The standard InChI is InChI=1S/C21H32N8O5/c1-11(2)4-16(20(32)29-17(21(33)34)6-14-8-24-10-26-14)28-18(30)12(3)27-19(31)15(22)5-13-7-23-9-25-13/h7-12,15-17H,4-6,22H2,1-3H3,(H,23,25)(H,24,26)(H,27,31)(H,28,30)(H,29,32)(H,33,34). The topological polar surface area (TPSA) is 208 Å². The van der Waals surface area contributed by atoms with E-state index >= 15 is 0 Å². The predicted molar refractivity (Wildman–Crippen MR) is 121 cm³/mol. The molecule has 0 saturated heterocycles. The van der Waals surface area contributed by atoms with Crippen LogP contribution in [0, 0.1) is 5.92 Å². The van der Waals surface area contributed by atoms with Crippen molar-refractivity contribution in [3.05, 3.63) is 36.4 Å². The number of H-pyrrole nitrogens is 2. The maximum Gasteiger partial charge on any atom is 0.326 e. The lowest BCUT2D eigenvalue weighted by molar-refractivity contribution is -0.142. The summed E-state index contributed by atoms with van der Waals surface area (Å²) in [4.78, 5) is 62.9. The highest BCUT2D eigenvalue weighted by Gasteiger charge is 2.29. The van der Waals surface area contributed by atoms with Gasteiger partial charge in [-0.05, 0) is 19.3 Å². The van der Waals surface area contributed by atoms with Crippen LogP contribution < -0.4 is 21.7 Å². The number of amides is 3. The molecule has 8 N–H and O–H groups in total. The highest BCUT2D eigenvalue weighted by Crippen LogP contribution is 2.07. The second-order valence-electron chi connectivity index (χ2n) is 8.49. The van der Waals surface area contributed by atoms with Gasteiger partial charge >= 0.3 is 5.97 Å². The summed E-state index contributed by atoms with van der Waals surface area (Å²) in [7, 11) is 0. The number of nitrogens with two attached hydrogens (primary N) is 1. The Morgan fingerprint density at radius 1 is 0.882 bits per heavy atom. The van der Waals surface area contributed by atoms with E-state index in [4.69, 9.17) is 5.73 Å². The minimum absolute atomic E-state index is 0.00407. The van der Waals surface area contributed by atoms with Crippen LogP contribution in [-0.4, -0.2) is 72.9 Å². The SMILES string of the molecule is CC(C)CC(NC(=O)C(C)NC(=O)C(N)Cc1cnc[nH]1)C(=O)NC(Cc1cnc[nH]1)C(=O)O. The largest absolute Gasteiger partial charge is 0.480 e. The first-order valence-electron chi connectivity index (χ1n) is 10.9. The number of aromatic amines is 2. The van der Waals surface area contributed by atoms with Gasteiger partial charge in [0.15, 0.2) is 0 Å². The Bertz CT molecular complexity index is 945. The van der Waals surface area contributed by atoms with Gasteiger partial charge in [-0.25, -0.2) is 14.8 Å². The van der Waals surface area contributed by atoms with Gasteiger partial charge in [-0.1, -0.05) is 13.8 Å². The lowest BCUT2D eigenvalue weighted by Crippen LogP contribution is -2.57. The fourth-order valence-electron chi connectivity index (χ4n) is 3.20. The second-order valence-corrected chi connectivity index (χ2v) is 8.49. The number of carbonyl (C=O) groups is 4. The molecule has 13 heteroatoms. The molecule has 2 heterocycles. The van der Waals surface area contributed by atoms with Gasteiger partial charge in [-0.2, -0.15) is 0 Å². The first-order chi connectivity index (χ1) is 16.1. The third-order valence-electron chi connectivity index (χ3n) is 5.02. The molecule has 0 bridgehead atoms. The number of nitrogens with zero attached hydrogens (tertiary/aromatic N) is 2. The van der Waals surface area contributed by atoms with Crippen LogP contribution in [0.15, 0.2) is 25.0 Å². The summed E-state index contributed by atoms with van der Waals surface area (Å²) in [5.41, 5.74) is 7.11. The summed E-state index contributed by atoms with van der Waals surface area (Å²) in [5.74, 6) is -2.96. The van der Waals surface area contributed by atoms with E-state index in [1.54, 1.807) is 6.20 Å². The van der Waals surface area contributed by atoms with E-state index in [2.05, 4.69) is 35.9 Å². The maximum absolute atomic E-state index is 12.9. The minimum Gasteiger partial charge on any atom is -0.480 e. The number of aliphatic carboxylic acids is 1. The Hall–Kier alpha value is -3.74. The summed E-state index contributed by atoms with van der Waals surface area (Å²) in [5, 5.41) is 17.1. The highest BCUT2D eigenvalue weighted by atomic mass is 16.4. The molecule has 13 nitrogen and oxygen atoms in total. The number of carboxylic acid groups (broad SMARTS) is 1. The highest BCUT2D eigenvalue weighted by molar-refractivity contribution is 5.94. The maximum atomic E-state index is 12.9. The molecule has 0 aliphatic carbocycles. The summed E-state index contributed by atoms with van der Waals surface area (Å²) < 4.78 is 0. The van der Waals surface area contributed by atoms with E-state index < -0.39 is 47.9 Å². The van der Waals surface area contributed by atoms with Crippen LogP contribution in [0.5, 0.6) is 0 Å².